The molecule has 4 N–H and O–H groups in total. The molecule has 1 unspecified atom stereocenters. The highest BCUT2D eigenvalue weighted by molar-refractivity contribution is 7.14. The summed E-state index contributed by atoms with van der Waals surface area (Å²) < 4.78 is 4.98. The maximum absolute atomic E-state index is 12.3. The van der Waals surface area contributed by atoms with E-state index in [0.29, 0.717) is 16.3 Å². The standard InChI is InChI=1S/C17H19N3O5S/c21-13(12-2-1-11(7-19-12)25-9-16(22)23)8-20-17(24)15-5-10-6-18-4-3-14(10)26-15/h1-2,5,7,13,18,21H,3-4,6,8-9H2,(H,20,24)(H,22,23). The molecular weight excluding hydrogens is 358 g/mol. The molecular formula is C17H19N3O5S. The molecule has 3 heterocycles. The minimum atomic E-state index is -1.08. The number of aliphatic hydroxyl groups is 1. The first-order chi connectivity index (χ1) is 12.5. The van der Waals surface area contributed by atoms with Gasteiger partial charge in [0, 0.05) is 24.5 Å². The van der Waals surface area contributed by atoms with Crippen LogP contribution in [0.1, 0.15) is 31.9 Å². The van der Waals surface area contributed by atoms with E-state index >= 15 is 0 Å². The van der Waals surface area contributed by atoms with Gasteiger partial charge in [0.1, 0.15) is 11.9 Å². The van der Waals surface area contributed by atoms with Gasteiger partial charge in [0.15, 0.2) is 6.61 Å². The lowest BCUT2D eigenvalue weighted by Gasteiger charge is -2.11. The van der Waals surface area contributed by atoms with E-state index in [-0.39, 0.29) is 12.5 Å². The number of amides is 1. The Morgan fingerprint density at radius 3 is 2.96 bits per heavy atom. The molecule has 2 aromatic rings. The van der Waals surface area contributed by atoms with Crippen LogP contribution in [0.15, 0.2) is 24.4 Å². The smallest absolute Gasteiger partial charge is 0.341 e. The SMILES string of the molecule is O=C(O)COc1ccc(C(O)CNC(=O)c2cc3c(s2)CCNC3)nc1. The number of thiophene rings is 1. The number of carbonyl (C=O) groups excluding carboxylic acids is 1. The molecule has 1 amide bonds. The number of rotatable bonds is 7. The Kier molecular flexibility index (Phi) is 5.82. The second kappa shape index (κ2) is 8.26. The number of pyridine rings is 1. The van der Waals surface area contributed by atoms with E-state index in [4.69, 9.17) is 9.84 Å². The summed E-state index contributed by atoms with van der Waals surface area (Å²) >= 11 is 1.49. The summed E-state index contributed by atoms with van der Waals surface area (Å²) in [5.41, 5.74) is 1.52. The molecule has 0 fully saturated rings. The van der Waals surface area contributed by atoms with Crippen LogP contribution in [0.2, 0.25) is 0 Å². The molecule has 0 spiro atoms. The molecule has 0 bridgehead atoms. The normalized spacial score (nSPS) is 14.3. The maximum Gasteiger partial charge on any atom is 0.341 e. The Labute approximate surface area is 153 Å². The summed E-state index contributed by atoms with van der Waals surface area (Å²) in [6, 6.07) is 4.95. The Hall–Kier alpha value is -2.49. The summed E-state index contributed by atoms with van der Waals surface area (Å²) in [6.45, 7) is 1.27. The van der Waals surface area contributed by atoms with Crippen molar-refractivity contribution in [1.29, 1.82) is 0 Å². The summed E-state index contributed by atoms with van der Waals surface area (Å²) in [5.74, 6) is -1.00. The van der Waals surface area contributed by atoms with E-state index < -0.39 is 18.7 Å². The zero-order valence-electron chi connectivity index (χ0n) is 13.9. The third-order valence-electron chi connectivity index (χ3n) is 3.88. The molecule has 0 aliphatic carbocycles. The molecule has 0 radical (unpaired) electrons. The Morgan fingerprint density at radius 1 is 1.42 bits per heavy atom. The van der Waals surface area contributed by atoms with Crippen molar-refractivity contribution in [2.75, 3.05) is 19.7 Å². The molecule has 9 heteroatoms. The second-order valence-corrected chi connectivity index (χ2v) is 6.95. The van der Waals surface area contributed by atoms with E-state index in [0.717, 1.165) is 25.1 Å². The van der Waals surface area contributed by atoms with Crippen LogP contribution in [0.3, 0.4) is 0 Å². The molecule has 138 valence electrons. The van der Waals surface area contributed by atoms with Crippen LogP contribution in [0.25, 0.3) is 0 Å². The average molecular weight is 377 g/mol. The first kappa shape index (κ1) is 18.3. The van der Waals surface area contributed by atoms with Gasteiger partial charge in [-0.3, -0.25) is 9.78 Å². The van der Waals surface area contributed by atoms with Gasteiger partial charge in [-0.15, -0.1) is 11.3 Å². The number of aromatic nitrogens is 1. The van der Waals surface area contributed by atoms with Gasteiger partial charge in [0.05, 0.1) is 16.8 Å². The molecule has 0 saturated carbocycles. The van der Waals surface area contributed by atoms with Gasteiger partial charge in [0.25, 0.3) is 5.91 Å². The summed E-state index contributed by atoms with van der Waals surface area (Å²) in [6.07, 6.45) is 1.29. The fraction of sp³-hybridized carbons (Fsp3) is 0.353. The predicted molar refractivity (Wildman–Crippen MR) is 94.4 cm³/mol. The average Bonchev–Trinajstić information content (AvgIpc) is 3.09. The number of carbonyl (C=O) groups is 2. The van der Waals surface area contributed by atoms with Crippen molar-refractivity contribution in [2.45, 2.75) is 19.1 Å². The Balaban J connectivity index is 1.53. The first-order valence-corrected chi connectivity index (χ1v) is 8.93. The minimum Gasteiger partial charge on any atom is -0.480 e. The highest BCUT2D eigenvalue weighted by Gasteiger charge is 2.18. The maximum atomic E-state index is 12.3. The van der Waals surface area contributed by atoms with Gasteiger partial charge in [0.2, 0.25) is 0 Å². The predicted octanol–water partition coefficient (Wildman–Crippen LogP) is 0.716. The summed E-state index contributed by atoms with van der Waals surface area (Å²) in [5, 5.41) is 24.7. The topological polar surface area (TPSA) is 121 Å². The Bertz CT molecular complexity index is 767. The van der Waals surface area contributed by atoms with Crippen molar-refractivity contribution < 1.29 is 24.5 Å². The number of nitrogens with zero attached hydrogens (tertiary/aromatic N) is 1. The number of fused-ring (bicyclic) bond motifs is 1. The molecule has 8 nitrogen and oxygen atoms in total. The van der Waals surface area contributed by atoms with Gasteiger partial charge < -0.3 is 25.6 Å². The number of aliphatic carboxylic acids is 1. The number of nitrogens with one attached hydrogen (secondary N) is 2. The third-order valence-corrected chi connectivity index (χ3v) is 5.12. The van der Waals surface area contributed by atoms with Crippen LogP contribution in [-0.4, -0.2) is 46.8 Å². The van der Waals surface area contributed by atoms with Crippen molar-refractivity contribution in [1.82, 2.24) is 15.6 Å². The molecule has 3 rings (SSSR count). The van der Waals surface area contributed by atoms with Crippen LogP contribution >= 0.6 is 11.3 Å². The van der Waals surface area contributed by atoms with Crippen molar-refractivity contribution in [3.05, 3.63) is 45.4 Å². The lowest BCUT2D eigenvalue weighted by Crippen LogP contribution is -2.28. The van der Waals surface area contributed by atoms with E-state index in [1.807, 2.05) is 6.07 Å². The Morgan fingerprint density at radius 2 is 2.27 bits per heavy atom. The van der Waals surface area contributed by atoms with Crippen LogP contribution in [0.4, 0.5) is 0 Å². The van der Waals surface area contributed by atoms with E-state index in [9.17, 15) is 14.7 Å². The molecule has 2 aromatic heterocycles. The van der Waals surface area contributed by atoms with Gasteiger partial charge in [-0.1, -0.05) is 0 Å². The molecule has 1 aliphatic rings. The first-order valence-electron chi connectivity index (χ1n) is 8.12. The second-order valence-electron chi connectivity index (χ2n) is 5.81. The van der Waals surface area contributed by atoms with Crippen LogP contribution < -0.4 is 15.4 Å². The highest BCUT2D eigenvalue weighted by atomic mass is 32.1. The summed E-state index contributed by atoms with van der Waals surface area (Å²) in [7, 11) is 0. The molecule has 1 atom stereocenters. The van der Waals surface area contributed by atoms with E-state index in [1.165, 1.54) is 34.5 Å². The van der Waals surface area contributed by atoms with Crippen molar-refractivity contribution >= 4 is 23.2 Å². The van der Waals surface area contributed by atoms with E-state index in [2.05, 4.69) is 15.6 Å². The van der Waals surface area contributed by atoms with Gasteiger partial charge in [-0.25, -0.2) is 4.79 Å². The molecule has 0 saturated heterocycles. The van der Waals surface area contributed by atoms with Crippen molar-refractivity contribution in [3.8, 4) is 5.75 Å². The van der Waals surface area contributed by atoms with Gasteiger partial charge >= 0.3 is 5.97 Å². The van der Waals surface area contributed by atoms with Gasteiger partial charge in [-0.05, 0) is 30.2 Å². The molecule has 1 aliphatic heterocycles. The zero-order chi connectivity index (χ0) is 18.5. The number of carboxylic acid groups (broad SMARTS) is 1. The lowest BCUT2D eigenvalue weighted by atomic mass is 10.1. The number of hydrogen-bond donors (Lipinski definition) is 4. The van der Waals surface area contributed by atoms with Crippen LogP contribution in [0.5, 0.6) is 5.75 Å². The number of hydrogen-bond acceptors (Lipinski definition) is 7. The van der Waals surface area contributed by atoms with Crippen LogP contribution in [0, 0.1) is 0 Å². The van der Waals surface area contributed by atoms with Gasteiger partial charge in [-0.2, -0.15) is 0 Å². The molecule has 0 aromatic carbocycles. The molecule has 26 heavy (non-hydrogen) atoms. The van der Waals surface area contributed by atoms with E-state index in [1.54, 1.807) is 0 Å². The minimum absolute atomic E-state index is 0.0297. The summed E-state index contributed by atoms with van der Waals surface area (Å²) in [4.78, 5) is 28.6. The lowest BCUT2D eigenvalue weighted by molar-refractivity contribution is -0.139. The largest absolute Gasteiger partial charge is 0.480 e. The third kappa shape index (κ3) is 4.57. The quantitative estimate of drug-likeness (QED) is 0.561. The zero-order valence-corrected chi connectivity index (χ0v) is 14.7. The monoisotopic (exact) mass is 377 g/mol. The van der Waals surface area contributed by atoms with Crippen LogP contribution in [-0.2, 0) is 17.8 Å². The number of carboxylic acids is 1. The van der Waals surface area contributed by atoms with Crippen molar-refractivity contribution in [3.63, 3.8) is 0 Å². The van der Waals surface area contributed by atoms with Crippen molar-refractivity contribution in [2.24, 2.45) is 0 Å². The highest BCUT2D eigenvalue weighted by Crippen LogP contribution is 2.25. The number of aliphatic hydroxyl groups excluding tert-OH is 1. The fourth-order valence-corrected chi connectivity index (χ4v) is 3.66. The fourth-order valence-electron chi connectivity index (χ4n) is 2.56. The number of ether oxygens (including phenoxy) is 1.